The molecule has 0 amide bonds. The highest BCUT2D eigenvalue weighted by molar-refractivity contribution is 7.89. The highest BCUT2D eigenvalue weighted by atomic mass is 32.2. The topological polar surface area (TPSA) is 99.5 Å². The third kappa shape index (κ3) is 4.30. The fourth-order valence-electron chi connectivity index (χ4n) is 2.93. The van der Waals surface area contributed by atoms with Gasteiger partial charge < -0.3 is 9.47 Å². The van der Waals surface area contributed by atoms with Crippen LogP contribution in [0, 0.1) is 0 Å². The van der Waals surface area contributed by atoms with Gasteiger partial charge in [0, 0.05) is 24.2 Å². The first-order chi connectivity index (χ1) is 14.0. The molecule has 1 aliphatic heterocycles. The summed E-state index contributed by atoms with van der Waals surface area (Å²) in [7, 11) is -3.77. The predicted octanol–water partition coefficient (Wildman–Crippen LogP) is 1.66. The van der Waals surface area contributed by atoms with Crippen LogP contribution in [0.5, 0.6) is 11.5 Å². The maximum Gasteiger partial charge on any atom is 0.266 e. The van der Waals surface area contributed by atoms with Crippen molar-refractivity contribution in [3.8, 4) is 22.8 Å². The van der Waals surface area contributed by atoms with Crippen molar-refractivity contribution < 1.29 is 17.9 Å². The number of aromatic nitrogens is 2. The lowest BCUT2D eigenvalue weighted by Crippen LogP contribution is -2.32. The molecule has 1 N–H and O–H groups in total. The second kappa shape index (κ2) is 8.06. The molecule has 0 fully saturated rings. The molecule has 29 heavy (non-hydrogen) atoms. The smallest absolute Gasteiger partial charge is 0.266 e. The van der Waals surface area contributed by atoms with Gasteiger partial charge in [0.2, 0.25) is 10.0 Å². The van der Waals surface area contributed by atoms with E-state index < -0.39 is 10.0 Å². The number of sulfonamides is 1. The lowest BCUT2D eigenvalue weighted by atomic mass is 10.1. The van der Waals surface area contributed by atoms with E-state index in [-0.39, 0.29) is 23.5 Å². The summed E-state index contributed by atoms with van der Waals surface area (Å²) in [5.74, 6) is 0.913. The Labute approximate surface area is 167 Å². The Hall–Kier alpha value is -3.17. The van der Waals surface area contributed by atoms with Crippen LogP contribution in [0.1, 0.15) is 0 Å². The lowest BCUT2D eigenvalue weighted by molar-refractivity contribution is 0.171. The van der Waals surface area contributed by atoms with Gasteiger partial charge in [-0.25, -0.2) is 17.8 Å². The van der Waals surface area contributed by atoms with Crippen LogP contribution < -0.4 is 19.8 Å². The van der Waals surface area contributed by atoms with Gasteiger partial charge in [-0.2, -0.15) is 5.10 Å². The summed E-state index contributed by atoms with van der Waals surface area (Å²) in [5, 5.41) is 4.33. The van der Waals surface area contributed by atoms with E-state index in [1.165, 1.54) is 22.9 Å². The minimum Gasteiger partial charge on any atom is -0.486 e. The van der Waals surface area contributed by atoms with Crippen molar-refractivity contribution in [2.45, 2.75) is 11.4 Å². The number of ether oxygens (including phenoxy) is 2. The molecule has 8 nitrogen and oxygen atoms in total. The molecule has 9 heteroatoms. The highest BCUT2D eigenvalue weighted by Crippen LogP contribution is 2.32. The average molecular weight is 413 g/mol. The summed E-state index contributed by atoms with van der Waals surface area (Å²) in [4.78, 5) is 12.2. The molecule has 2 heterocycles. The number of nitrogens with one attached hydrogen (secondary N) is 1. The molecule has 0 bridgehead atoms. The molecular formula is C20H19N3O5S. The third-order valence-electron chi connectivity index (χ3n) is 4.38. The maximum absolute atomic E-state index is 12.6. The normalized spacial score (nSPS) is 13.2. The zero-order valence-corrected chi connectivity index (χ0v) is 16.3. The summed E-state index contributed by atoms with van der Waals surface area (Å²) in [6, 6.07) is 17.0. The third-order valence-corrected chi connectivity index (χ3v) is 5.83. The largest absolute Gasteiger partial charge is 0.486 e. The van der Waals surface area contributed by atoms with Crippen LogP contribution in [-0.2, 0) is 16.6 Å². The van der Waals surface area contributed by atoms with Crippen LogP contribution in [0.15, 0.2) is 70.4 Å². The highest BCUT2D eigenvalue weighted by Gasteiger charge is 2.19. The van der Waals surface area contributed by atoms with Crippen molar-refractivity contribution in [2.75, 3.05) is 19.8 Å². The molecule has 150 valence electrons. The van der Waals surface area contributed by atoms with Crippen LogP contribution in [0.25, 0.3) is 11.3 Å². The quantitative estimate of drug-likeness (QED) is 0.660. The van der Waals surface area contributed by atoms with Crippen molar-refractivity contribution >= 4 is 10.0 Å². The van der Waals surface area contributed by atoms with Crippen LogP contribution in [0.3, 0.4) is 0 Å². The molecule has 0 unspecified atom stereocenters. The molecule has 0 atom stereocenters. The number of fused-ring (bicyclic) bond motifs is 1. The van der Waals surface area contributed by atoms with Crippen molar-refractivity contribution in [2.24, 2.45) is 0 Å². The minimum atomic E-state index is -3.77. The molecule has 0 spiro atoms. The fourth-order valence-corrected chi connectivity index (χ4v) is 3.97. The minimum absolute atomic E-state index is 0.0158. The molecule has 0 saturated carbocycles. The zero-order valence-electron chi connectivity index (χ0n) is 15.4. The van der Waals surface area contributed by atoms with Gasteiger partial charge in [-0.15, -0.1) is 0 Å². The van der Waals surface area contributed by atoms with Crippen molar-refractivity contribution in [3.05, 3.63) is 71.0 Å². The van der Waals surface area contributed by atoms with Crippen LogP contribution >= 0.6 is 0 Å². The van der Waals surface area contributed by atoms with Gasteiger partial charge in [-0.3, -0.25) is 4.79 Å². The average Bonchev–Trinajstić information content (AvgIpc) is 2.75. The second-order valence-corrected chi connectivity index (χ2v) is 8.12. The number of hydrogen-bond donors (Lipinski definition) is 1. The Morgan fingerprint density at radius 2 is 1.72 bits per heavy atom. The number of benzene rings is 2. The lowest BCUT2D eigenvalue weighted by Gasteiger charge is -2.19. The monoisotopic (exact) mass is 413 g/mol. The molecule has 1 aromatic heterocycles. The second-order valence-electron chi connectivity index (χ2n) is 6.35. The molecule has 3 aromatic rings. The molecular weight excluding hydrogens is 394 g/mol. The number of nitrogens with zero attached hydrogens (tertiary/aromatic N) is 2. The number of rotatable bonds is 6. The van der Waals surface area contributed by atoms with Crippen LogP contribution in [0.4, 0.5) is 0 Å². The van der Waals surface area contributed by atoms with E-state index in [2.05, 4.69) is 9.82 Å². The fraction of sp³-hybridized carbons (Fsp3) is 0.200. The molecule has 0 saturated heterocycles. The predicted molar refractivity (Wildman–Crippen MR) is 107 cm³/mol. The standard InChI is InChI=1S/C20H19N3O5S/c24-20-9-7-17(15-4-2-1-3-5-15)22-23(20)11-10-21-29(25,26)16-6-8-18-19(14-16)28-13-12-27-18/h1-9,14,21H,10-13H2. The maximum atomic E-state index is 12.6. The zero-order chi connectivity index (χ0) is 20.3. The van der Waals surface area contributed by atoms with Gasteiger partial charge >= 0.3 is 0 Å². The first kappa shape index (κ1) is 19.2. The first-order valence-electron chi connectivity index (χ1n) is 9.06. The van der Waals surface area contributed by atoms with Crippen molar-refractivity contribution in [1.29, 1.82) is 0 Å². The summed E-state index contributed by atoms with van der Waals surface area (Å²) in [5.41, 5.74) is 1.21. The Bertz CT molecular complexity index is 1180. The van der Waals surface area contributed by atoms with Crippen LogP contribution in [0.2, 0.25) is 0 Å². The Morgan fingerprint density at radius 1 is 0.966 bits per heavy atom. The SMILES string of the molecule is O=c1ccc(-c2ccccc2)nn1CCNS(=O)(=O)c1ccc2c(c1)OCCO2. The van der Waals surface area contributed by atoms with Gasteiger partial charge in [0.15, 0.2) is 11.5 Å². The van der Waals surface area contributed by atoms with E-state index >= 15 is 0 Å². The molecule has 4 rings (SSSR count). The molecule has 0 radical (unpaired) electrons. The summed E-state index contributed by atoms with van der Waals surface area (Å²) in [6.45, 7) is 0.919. The molecule has 2 aromatic carbocycles. The van der Waals surface area contributed by atoms with Crippen LogP contribution in [-0.4, -0.2) is 38.0 Å². The van der Waals surface area contributed by atoms with Gasteiger partial charge in [-0.1, -0.05) is 30.3 Å². The summed E-state index contributed by atoms with van der Waals surface area (Å²) < 4.78 is 39.7. The van der Waals surface area contributed by atoms with Gasteiger partial charge in [0.1, 0.15) is 13.2 Å². The van der Waals surface area contributed by atoms with E-state index in [1.807, 2.05) is 30.3 Å². The van der Waals surface area contributed by atoms with Gasteiger partial charge in [0.05, 0.1) is 17.1 Å². The van der Waals surface area contributed by atoms with E-state index in [0.717, 1.165) is 5.56 Å². The molecule has 0 aliphatic carbocycles. The Morgan fingerprint density at radius 3 is 2.52 bits per heavy atom. The van der Waals surface area contributed by atoms with Crippen molar-refractivity contribution in [3.63, 3.8) is 0 Å². The Kier molecular flexibility index (Phi) is 5.32. The number of hydrogen-bond acceptors (Lipinski definition) is 6. The van der Waals surface area contributed by atoms with Gasteiger partial charge in [-0.05, 0) is 18.2 Å². The Balaban J connectivity index is 1.46. The van der Waals surface area contributed by atoms with E-state index in [0.29, 0.717) is 30.4 Å². The molecule has 1 aliphatic rings. The summed E-state index contributed by atoms with van der Waals surface area (Å²) in [6.07, 6.45) is 0. The van der Waals surface area contributed by atoms with E-state index in [9.17, 15) is 13.2 Å². The van der Waals surface area contributed by atoms with Crippen molar-refractivity contribution in [1.82, 2.24) is 14.5 Å². The summed E-state index contributed by atoms with van der Waals surface area (Å²) >= 11 is 0. The van der Waals surface area contributed by atoms with E-state index in [1.54, 1.807) is 12.1 Å². The van der Waals surface area contributed by atoms with E-state index in [4.69, 9.17) is 9.47 Å². The first-order valence-corrected chi connectivity index (χ1v) is 10.5. The van der Waals surface area contributed by atoms with Gasteiger partial charge in [0.25, 0.3) is 5.56 Å².